The van der Waals surface area contributed by atoms with E-state index in [1.54, 1.807) is 24.4 Å². The van der Waals surface area contributed by atoms with Gasteiger partial charge in [-0.2, -0.15) is 5.26 Å². The Bertz CT molecular complexity index is 537. The van der Waals surface area contributed by atoms with Gasteiger partial charge in [0.1, 0.15) is 0 Å². The molecule has 0 atom stereocenters. The van der Waals surface area contributed by atoms with Gasteiger partial charge in [0.2, 0.25) is 0 Å². The minimum absolute atomic E-state index is 0.262. The highest BCUT2D eigenvalue weighted by atomic mass is 16.1. The van der Waals surface area contributed by atoms with Crippen LogP contribution in [0, 0.1) is 11.3 Å². The van der Waals surface area contributed by atoms with Crippen molar-refractivity contribution in [2.75, 3.05) is 0 Å². The lowest BCUT2D eigenvalue weighted by Gasteiger charge is -1.98. The number of hydrogen-bond acceptors (Lipinski definition) is 3. The Morgan fingerprint density at radius 1 is 1.40 bits per heavy atom. The Labute approximate surface area is 86.2 Å². The van der Waals surface area contributed by atoms with Gasteiger partial charge in [-0.1, -0.05) is 18.2 Å². The number of aldehydes is 1. The Balaban J connectivity index is 2.54. The summed E-state index contributed by atoms with van der Waals surface area (Å²) in [5, 5.41) is 8.89. The van der Waals surface area contributed by atoms with Crippen LogP contribution in [0.25, 0.3) is 11.3 Å². The van der Waals surface area contributed by atoms with Crippen LogP contribution >= 0.6 is 0 Å². The number of imidazole rings is 1. The Kier molecular flexibility index (Phi) is 2.30. The summed E-state index contributed by atoms with van der Waals surface area (Å²) in [7, 11) is 0. The molecular formula is C11H7N3O. The third-order valence-corrected chi connectivity index (χ3v) is 2.04. The van der Waals surface area contributed by atoms with Crippen molar-refractivity contribution in [2.24, 2.45) is 0 Å². The molecule has 2 rings (SSSR count). The van der Waals surface area contributed by atoms with E-state index < -0.39 is 0 Å². The molecule has 1 N–H and O–H groups in total. The lowest BCUT2D eigenvalue weighted by Crippen LogP contribution is -1.85. The number of H-pyrrole nitrogens is 1. The number of nitrogens with one attached hydrogen (secondary N) is 1. The highest BCUT2D eigenvalue weighted by molar-refractivity contribution is 5.73. The maximum Gasteiger partial charge on any atom is 0.185 e. The zero-order valence-electron chi connectivity index (χ0n) is 7.77. The second-order valence-electron chi connectivity index (χ2n) is 2.96. The van der Waals surface area contributed by atoms with Crippen LogP contribution in [0.4, 0.5) is 0 Å². The number of hydrogen-bond donors (Lipinski definition) is 1. The Morgan fingerprint density at radius 3 is 2.87 bits per heavy atom. The molecule has 0 aliphatic rings. The largest absolute Gasteiger partial charge is 0.336 e. The second kappa shape index (κ2) is 3.76. The summed E-state index contributed by atoms with van der Waals surface area (Å²) in [6, 6.07) is 9.23. The first-order chi connectivity index (χ1) is 7.35. The van der Waals surface area contributed by atoms with Crippen LogP contribution < -0.4 is 0 Å². The number of aromatic nitrogens is 2. The SMILES string of the molecule is N#Cc1ccccc1-c1cnc(C=O)[nH]1. The fourth-order valence-corrected chi connectivity index (χ4v) is 1.35. The van der Waals surface area contributed by atoms with Crippen molar-refractivity contribution in [1.29, 1.82) is 5.26 Å². The molecule has 2 aromatic rings. The molecule has 0 spiro atoms. The van der Waals surface area contributed by atoms with E-state index in [-0.39, 0.29) is 5.82 Å². The highest BCUT2D eigenvalue weighted by Gasteiger charge is 2.06. The van der Waals surface area contributed by atoms with Crippen molar-refractivity contribution in [3.63, 3.8) is 0 Å². The molecule has 1 aromatic heterocycles. The van der Waals surface area contributed by atoms with Crippen LogP contribution in [-0.2, 0) is 0 Å². The third-order valence-electron chi connectivity index (χ3n) is 2.04. The van der Waals surface area contributed by atoms with Gasteiger partial charge in [0.15, 0.2) is 12.1 Å². The predicted octanol–water partition coefficient (Wildman–Crippen LogP) is 1.76. The third kappa shape index (κ3) is 1.63. The van der Waals surface area contributed by atoms with E-state index in [4.69, 9.17) is 5.26 Å². The van der Waals surface area contributed by atoms with Crippen LogP contribution in [0.15, 0.2) is 30.5 Å². The summed E-state index contributed by atoms with van der Waals surface area (Å²) < 4.78 is 0. The standard InChI is InChI=1S/C11H7N3O/c12-5-8-3-1-2-4-9(8)10-6-13-11(7-15)14-10/h1-4,6-7H,(H,13,14). The first-order valence-corrected chi connectivity index (χ1v) is 4.35. The van der Waals surface area contributed by atoms with Crippen molar-refractivity contribution in [3.05, 3.63) is 41.9 Å². The molecule has 0 aliphatic heterocycles. The van der Waals surface area contributed by atoms with Crippen LogP contribution in [0.2, 0.25) is 0 Å². The maximum absolute atomic E-state index is 10.4. The summed E-state index contributed by atoms with van der Waals surface area (Å²) >= 11 is 0. The van der Waals surface area contributed by atoms with E-state index in [1.807, 2.05) is 6.07 Å². The van der Waals surface area contributed by atoms with Gasteiger partial charge in [-0.25, -0.2) is 4.98 Å². The molecule has 1 aromatic carbocycles. The monoisotopic (exact) mass is 197 g/mol. The van der Waals surface area contributed by atoms with Crippen molar-refractivity contribution < 1.29 is 4.79 Å². The van der Waals surface area contributed by atoms with Crippen molar-refractivity contribution in [3.8, 4) is 17.3 Å². The highest BCUT2D eigenvalue weighted by Crippen LogP contribution is 2.20. The van der Waals surface area contributed by atoms with Gasteiger partial charge in [-0.05, 0) is 6.07 Å². The van der Waals surface area contributed by atoms with Gasteiger partial charge in [-0.15, -0.1) is 0 Å². The molecule has 0 radical (unpaired) electrons. The smallest absolute Gasteiger partial charge is 0.185 e. The van der Waals surface area contributed by atoms with Gasteiger partial charge in [0, 0.05) is 5.56 Å². The zero-order valence-corrected chi connectivity index (χ0v) is 7.77. The number of benzene rings is 1. The molecule has 15 heavy (non-hydrogen) atoms. The van der Waals surface area contributed by atoms with Crippen LogP contribution in [0.5, 0.6) is 0 Å². The van der Waals surface area contributed by atoms with Gasteiger partial charge >= 0.3 is 0 Å². The predicted molar refractivity (Wildman–Crippen MR) is 54.1 cm³/mol. The fraction of sp³-hybridized carbons (Fsp3) is 0. The average molecular weight is 197 g/mol. The molecule has 0 amide bonds. The maximum atomic E-state index is 10.4. The van der Waals surface area contributed by atoms with Gasteiger partial charge in [0.25, 0.3) is 0 Å². The number of nitriles is 1. The minimum Gasteiger partial charge on any atom is -0.336 e. The molecule has 4 heteroatoms. The molecule has 1 heterocycles. The molecule has 0 bridgehead atoms. The summed E-state index contributed by atoms with van der Waals surface area (Å²) in [5.41, 5.74) is 1.98. The number of carbonyl (C=O) groups excluding carboxylic acids is 1. The molecule has 0 fully saturated rings. The van der Waals surface area contributed by atoms with Gasteiger partial charge in [-0.3, -0.25) is 4.79 Å². The molecule has 4 nitrogen and oxygen atoms in total. The van der Waals surface area contributed by atoms with Crippen LogP contribution in [0.3, 0.4) is 0 Å². The summed E-state index contributed by atoms with van der Waals surface area (Å²) in [6.45, 7) is 0. The molecule has 0 aliphatic carbocycles. The molecule has 0 saturated heterocycles. The van der Waals surface area contributed by atoms with Crippen molar-refractivity contribution >= 4 is 6.29 Å². The quantitative estimate of drug-likeness (QED) is 0.746. The Hall–Kier alpha value is -2.41. The number of carbonyl (C=O) groups is 1. The van der Waals surface area contributed by atoms with Crippen molar-refractivity contribution in [2.45, 2.75) is 0 Å². The average Bonchev–Trinajstić information content (AvgIpc) is 2.77. The molecule has 0 saturated carbocycles. The van der Waals surface area contributed by atoms with E-state index in [0.29, 0.717) is 17.5 Å². The van der Waals surface area contributed by atoms with E-state index in [9.17, 15) is 4.79 Å². The topological polar surface area (TPSA) is 69.5 Å². The molecule has 0 unspecified atom stereocenters. The van der Waals surface area contributed by atoms with Gasteiger partial charge < -0.3 is 4.98 Å². The minimum atomic E-state index is 0.262. The first-order valence-electron chi connectivity index (χ1n) is 4.35. The summed E-state index contributed by atoms with van der Waals surface area (Å²) in [5.74, 6) is 0.262. The lowest BCUT2D eigenvalue weighted by molar-refractivity contribution is 0.111. The normalized spacial score (nSPS) is 9.53. The Morgan fingerprint density at radius 2 is 2.20 bits per heavy atom. The van der Waals surface area contributed by atoms with Gasteiger partial charge in [0.05, 0.1) is 23.5 Å². The summed E-state index contributed by atoms with van der Waals surface area (Å²) in [6.07, 6.45) is 2.18. The molecular weight excluding hydrogens is 190 g/mol. The van der Waals surface area contributed by atoms with Crippen LogP contribution in [0.1, 0.15) is 16.2 Å². The molecule has 72 valence electrons. The lowest BCUT2D eigenvalue weighted by atomic mass is 10.1. The first kappa shape index (κ1) is 9.16. The number of aromatic amines is 1. The van der Waals surface area contributed by atoms with E-state index in [2.05, 4.69) is 16.0 Å². The second-order valence-corrected chi connectivity index (χ2v) is 2.96. The number of nitrogens with zero attached hydrogens (tertiary/aromatic N) is 2. The van der Waals surface area contributed by atoms with Crippen molar-refractivity contribution in [1.82, 2.24) is 9.97 Å². The van der Waals surface area contributed by atoms with E-state index >= 15 is 0 Å². The van der Waals surface area contributed by atoms with Crippen LogP contribution in [-0.4, -0.2) is 16.3 Å². The zero-order chi connectivity index (χ0) is 10.7. The summed E-state index contributed by atoms with van der Waals surface area (Å²) in [4.78, 5) is 17.1. The van der Waals surface area contributed by atoms with E-state index in [0.717, 1.165) is 5.56 Å². The fourth-order valence-electron chi connectivity index (χ4n) is 1.35. The van der Waals surface area contributed by atoms with E-state index in [1.165, 1.54) is 0 Å². The number of rotatable bonds is 2.